The third-order valence-corrected chi connectivity index (χ3v) is 4.03. The van der Waals surface area contributed by atoms with Crippen LogP contribution < -0.4 is 0 Å². The first-order valence-electron chi connectivity index (χ1n) is 6.61. The van der Waals surface area contributed by atoms with E-state index in [0.29, 0.717) is 6.61 Å². The molecule has 106 valence electrons. The molecule has 1 saturated heterocycles. The number of carbonyl (C=O) groups excluding carboxylic acids is 1. The van der Waals surface area contributed by atoms with Gasteiger partial charge in [0.15, 0.2) is 0 Å². The van der Waals surface area contributed by atoms with Crippen LogP contribution >= 0.6 is 0 Å². The fraction of sp³-hybridized carbons (Fsp3) is 0.400. The lowest BCUT2D eigenvalue weighted by Gasteiger charge is -2.22. The Balaban J connectivity index is 2.08. The molecule has 0 N–H and O–H groups in total. The summed E-state index contributed by atoms with van der Waals surface area (Å²) in [7, 11) is 5.28. The van der Waals surface area contributed by atoms with Crippen LogP contribution in [0.2, 0.25) is 0 Å². The van der Waals surface area contributed by atoms with Crippen LogP contribution in [0, 0.1) is 5.92 Å². The number of aryl methyl sites for hydroxylation is 1. The molecule has 0 amide bonds. The predicted octanol–water partition coefficient (Wildman–Crippen LogP) is 1.89. The van der Waals surface area contributed by atoms with Gasteiger partial charge in [-0.3, -0.25) is 9.63 Å². The number of nitrogens with zero attached hydrogens (tertiary/aromatic N) is 2. The number of rotatable bonds is 2. The van der Waals surface area contributed by atoms with Crippen LogP contribution in [-0.2, 0) is 21.4 Å². The van der Waals surface area contributed by atoms with Gasteiger partial charge in [0.05, 0.1) is 19.8 Å². The topological polar surface area (TPSA) is 43.7 Å². The highest BCUT2D eigenvalue weighted by atomic mass is 16.7. The number of fused-ring (bicyclic) bond motifs is 1. The van der Waals surface area contributed by atoms with Crippen LogP contribution in [0.4, 0.5) is 0 Å². The number of aromatic nitrogens is 1. The van der Waals surface area contributed by atoms with Gasteiger partial charge in [-0.2, -0.15) is 5.06 Å². The van der Waals surface area contributed by atoms with E-state index in [0.717, 1.165) is 16.6 Å². The summed E-state index contributed by atoms with van der Waals surface area (Å²) in [6.07, 6.45) is 0. The molecule has 2 heterocycles. The summed E-state index contributed by atoms with van der Waals surface area (Å²) in [6, 6.07) is 10.2. The highest BCUT2D eigenvalue weighted by Crippen LogP contribution is 2.36. The molecule has 0 unspecified atom stereocenters. The summed E-state index contributed by atoms with van der Waals surface area (Å²) in [5.41, 5.74) is 2.20. The minimum atomic E-state index is -0.298. The molecule has 0 aliphatic carbocycles. The number of methoxy groups -OCH3 is 1. The Hall–Kier alpha value is -1.85. The zero-order valence-electron chi connectivity index (χ0n) is 11.9. The molecule has 2 aromatic rings. The SMILES string of the molecule is COC(=O)[C@H]1CON(C)[C@H]1c1cc2ccccc2n1C. The van der Waals surface area contributed by atoms with Gasteiger partial charge in [0.2, 0.25) is 0 Å². The van der Waals surface area contributed by atoms with E-state index in [-0.39, 0.29) is 17.9 Å². The van der Waals surface area contributed by atoms with Crippen molar-refractivity contribution < 1.29 is 14.4 Å². The third-order valence-electron chi connectivity index (χ3n) is 4.03. The van der Waals surface area contributed by atoms with Crippen molar-refractivity contribution in [2.24, 2.45) is 13.0 Å². The lowest BCUT2D eigenvalue weighted by molar-refractivity contribution is -0.145. The van der Waals surface area contributed by atoms with Gasteiger partial charge in [-0.25, -0.2) is 0 Å². The van der Waals surface area contributed by atoms with Gasteiger partial charge in [0, 0.05) is 25.3 Å². The van der Waals surface area contributed by atoms with Crippen LogP contribution in [0.25, 0.3) is 10.9 Å². The van der Waals surface area contributed by atoms with Crippen molar-refractivity contribution in [3.63, 3.8) is 0 Å². The smallest absolute Gasteiger partial charge is 0.313 e. The van der Waals surface area contributed by atoms with Gasteiger partial charge in [-0.15, -0.1) is 0 Å². The molecule has 0 bridgehead atoms. The second-order valence-electron chi connectivity index (χ2n) is 5.10. The molecule has 1 aliphatic rings. The van der Waals surface area contributed by atoms with E-state index in [9.17, 15) is 4.79 Å². The number of para-hydroxylation sites is 1. The zero-order chi connectivity index (χ0) is 14.3. The van der Waals surface area contributed by atoms with Gasteiger partial charge in [-0.05, 0) is 17.5 Å². The average molecular weight is 274 g/mol. The number of benzene rings is 1. The number of hydrogen-bond acceptors (Lipinski definition) is 4. The monoisotopic (exact) mass is 274 g/mol. The minimum absolute atomic E-state index is 0.125. The lowest BCUT2D eigenvalue weighted by atomic mass is 9.98. The summed E-state index contributed by atoms with van der Waals surface area (Å²) in [6.45, 7) is 0.357. The number of hydrogen-bond donors (Lipinski definition) is 0. The molecule has 3 rings (SSSR count). The third kappa shape index (κ3) is 1.90. The standard InChI is InChI=1S/C15H18N2O3/c1-16-12-7-5-4-6-10(12)8-13(16)14-11(15(18)19-3)9-20-17(14)2/h4-8,11,14H,9H2,1-3H3/t11-,14+/m0/s1. The molecule has 1 fully saturated rings. The number of carbonyl (C=O) groups is 1. The highest BCUT2D eigenvalue weighted by molar-refractivity contribution is 5.82. The van der Waals surface area contributed by atoms with Crippen LogP contribution in [0.15, 0.2) is 30.3 Å². The summed E-state index contributed by atoms with van der Waals surface area (Å²) in [5, 5.41) is 2.91. The molecule has 1 aromatic carbocycles. The molecule has 1 aliphatic heterocycles. The minimum Gasteiger partial charge on any atom is -0.469 e. The summed E-state index contributed by atoms with van der Waals surface area (Å²) >= 11 is 0. The molecule has 0 spiro atoms. The summed E-state index contributed by atoms with van der Waals surface area (Å²) in [5.74, 6) is -0.530. The molecular weight excluding hydrogens is 256 g/mol. The summed E-state index contributed by atoms with van der Waals surface area (Å²) in [4.78, 5) is 17.5. The number of esters is 1. The van der Waals surface area contributed by atoms with Gasteiger partial charge in [0.25, 0.3) is 0 Å². The maximum absolute atomic E-state index is 11.9. The molecule has 0 radical (unpaired) electrons. The first-order valence-corrected chi connectivity index (χ1v) is 6.61. The first kappa shape index (κ1) is 13.1. The fourth-order valence-corrected chi connectivity index (χ4v) is 2.96. The number of hydroxylamine groups is 2. The van der Waals surface area contributed by atoms with Gasteiger partial charge < -0.3 is 9.30 Å². The Morgan fingerprint density at radius 3 is 2.80 bits per heavy atom. The molecule has 5 heteroatoms. The van der Waals surface area contributed by atoms with Crippen molar-refractivity contribution in [2.45, 2.75) is 6.04 Å². The maximum atomic E-state index is 11.9. The lowest BCUT2D eigenvalue weighted by Crippen LogP contribution is -2.28. The van der Waals surface area contributed by atoms with Crippen molar-refractivity contribution in [3.05, 3.63) is 36.0 Å². The normalized spacial score (nSPS) is 23.4. The van der Waals surface area contributed by atoms with Crippen LogP contribution in [-0.4, -0.2) is 36.4 Å². The van der Waals surface area contributed by atoms with E-state index in [1.807, 2.05) is 26.2 Å². The Labute approximate surface area is 117 Å². The average Bonchev–Trinajstić information content (AvgIpc) is 2.99. The van der Waals surface area contributed by atoms with Crippen molar-refractivity contribution in [2.75, 3.05) is 20.8 Å². The van der Waals surface area contributed by atoms with Crippen molar-refractivity contribution in [3.8, 4) is 0 Å². The van der Waals surface area contributed by atoms with E-state index in [2.05, 4.69) is 22.8 Å². The molecule has 1 aromatic heterocycles. The van der Waals surface area contributed by atoms with Gasteiger partial charge in [0.1, 0.15) is 5.92 Å². The first-order chi connectivity index (χ1) is 9.63. The molecular formula is C15H18N2O3. The second kappa shape index (κ2) is 4.92. The Bertz CT molecular complexity index is 650. The number of ether oxygens (including phenoxy) is 1. The van der Waals surface area contributed by atoms with Crippen LogP contribution in [0.1, 0.15) is 11.7 Å². The van der Waals surface area contributed by atoms with E-state index in [1.165, 1.54) is 7.11 Å². The predicted molar refractivity (Wildman–Crippen MR) is 74.9 cm³/mol. The second-order valence-corrected chi connectivity index (χ2v) is 5.10. The van der Waals surface area contributed by atoms with E-state index in [1.54, 1.807) is 5.06 Å². The summed E-state index contributed by atoms with van der Waals surface area (Å²) < 4.78 is 7.01. The Morgan fingerprint density at radius 1 is 1.35 bits per heavy atom. The van der Waals surface area contributed by atoms with E-state index >= 15 is 0 Å². The molecule has 2 atom stereocenters. The maximum Gasteiger partial charge on any atom is 0.313 e. The Kier molecular flexibility index (Phi) is 3.23. The van der Waals surface area contributed by atoms with Crippen molar-refractivity contribution in [1.29, 1.82) is 0 Å². The van der Waals surface area contributed by atoms with Gasteiger partial charge >= 0.3 is 5.97 Å². The van der Waals surface area contributed by atoms with E-state index in [4.69, 9.17) is 9.57 Å². The van der Waals surface area contributed by atoms with Crippen LogP contribution in [0.5, 0.6) is 0 Å². The van der Waals surface area contributed by atoms with Gasteiger partial charge in [-0.1, -0.05) is 18.2 Å². The van der Waals surface area contributed by atoms with Crippen molar-refractivity contribution >= 4 is 16.9 Å². The van der Waals surface area contributed by atoms with Crippen LogP contribution in [0.3, 0.4) is 0 Å². The largest absolute Gasteiger partial charge is 0.469 e. The quantitative estimate of drug-likeness (QED) is 0.784. The zero-order valence-corrected chi connectivity index (χ0v) is 11.9. The Morgan fingerprint density at radius 2 is 2.10 bits per heavy atom. The molecule has 0 saturated carbocycles. The molecule has 20 heavy (non-hydrogen) atoms. The highest BCUT2D eigenvalue weighted by Gasteiger charge is 2.41. The van der Waals surface area contributed by atoms with Crippen molar-refractivity contribution in [1.82, 2.24) is 9.63 Å². The molecule has 5 nitrogen and oxygen atoms in total. The fourth-order valence-electron chi connectivity index (χ4n) is 2.96. The van der Waals surface area contributed by atoms with E-state index < -0.39 is 0 Å².